The number of benzene rings is 2. The standard InChI is InChI=1S/C21H18O7.Na/c1-21(2)13-7-18(26-4)17(25-3)6-10(13)11-5-12-14(22)8-19(20(23)24)27-15(12)9-16(11)28-21;/h5-9H,1-4H3,(H,23,24);/q;+1/p-1. The first kappa shape index (κ1) is 21.2. The quantitative estimate of drug-likeness (QED) is 0.542. The van der Waals surface area contributed by atoms with Gasteiger partial charge in [0.15, 0.2) is 22.7 Å². The van der Waals surface area contributed by atoms with Gasteiger partial charge in [-0.25, -0.2) is 0 Å². The van der Waals surface area contributed by atoms with E-state index in [4.69, 9.17) is 18.6 Å². The normalized spacial score (nSPS) is 13.5. The molecule has 8 heteroatoms. The van der Waals surface area contributed by atoms with Crippen molar-refractivity contribution in [1.29, 1.82) is 0 Å². The Morgan fingerprint density at radius 3 is 2.28 bits per heavy atom. The second-order valence-corrected chi connectivity index (χ2v) is 6.97. The predicted molar refractivity (Wildman–Crippen MR) is 99.0 cm³/mol. The van der Waals surface area contributed by atoms with Crippen LogP contribution in [-0.4, -0.2) is 20.2 Å². The Bertz CT molecular complexity index is 1190. The van der Waals surface area contributed by atoms with Crippen LogP contribution in [0.25, 0.3) is 22.1 Å². The van der Waals surface area contributed by atoms with Crippen molar-refractivity contribution in [2.24, 2.45) is 0 Å². The van der Waals surface area contributed by atoms with Gasteiger partial charge in [0.25, 0.3) is 0 Å². The van der Waals surface area contributed by atoms with Crippen LogP contribution < -0.4 is 54.3 Å². The van der Waals surface area contributed by atoms with Gasteiger partial charge in [0.05, 0.1) is 19.6 Å². The van der Waals surface area contributed by atoms with Crippen LogP contribution in [-0.2, 0) is 5.60 Å². The van der Waals surface area contributed by atoms with Crippen molar-refractivity contribution < 1.29 is 58.1 Å². The molecule has 1 aliphatic rings. The first-order valence-corrected chi connectivity index (χ1v) is 8.54. The molecule has 2 aromatic carbocycles. The number of rotatable bonds is 3. The first-order chi connectivity index (χ1) is 13.2. The predicted octanol–water partition coefficient (Wildman–Crippen LogP) is -0.528. The topological polar surface area (TPSA) is 98.0 Å². The summed E-state index contributed by atoms with van der Waals surface area (Å²) in [5, 5.41) is 11.3. The Kier molecular flexibility index (Phi) is 5.42. The number of carbonyl (C=O) groups is 1. The van der Waals surface area contributed by atoms with E-state index in [0.29, 0.717) is 22.8 Å². The van der Waals surface area contributed by atoms with Crippen molar-refractivity contribution in [1.82, 2.24) is 0 Å². The molecule has 0 amide bonds. The molecule has 1 aromatic heterocycles. The second-order valence-electron chi connectivity index (χ2n) is 6.97. The van der Waals surface area contributed by atoms with Gasteiger partial charge in [0.2, 0.25) is 0 Å². The molecule has 0 spiro atoms. The zero-order valence-corrected chi connectivity index (χ0v) is 18.7. The minimum absolute atomic E-state index is 0. The van der Waals surface area contributed by atoms with Gasteiger partial charge in [0, 0.05) is 23.3 Å². The third-order valence-corrected chi connectivity index (χ3v) is 4.86. The van der Waals surface area contributed by atoms with Crippen LogP contribution in [0, 0.1) is 0 Å². The molecule has 1 aliphatic heterocycles. The smallest absolute Gasteiger partial charge is 0.542 e. The number of ether oxygens (including phenoxy) is 3. The fourth-order valence-corrected chi connectivity index (χ4v) is 3.51. The van der Waals surface area contributed by atoms with Gasteiger partial charge in [-0.1, -0.05) is 0 Å². The summed E-state index contributed by atoms with van der Waals surface area (Å²) in [6, 6.07) is 7.76. The largest absolute Gasteiger partial charge is 1.00 e. The Hall–Kier alpha value is -2.48. The van der Waals surface area contributed by atoms with E-state index in [9.17, 15) is 14.7 Å². The Morgan fingerprint density at radius 1 is 1.00 bits per heavy atom. The third-order valence-electron chi connectivity index (χ3n) is 4.86. The van der Waals surface area contributed by atoms with Gasteiger partial charge in [-0.3, -0.25) is 4.79 Å². The number of carbonyl (C=O) groups excluding carboxylic acids is 1. The number of hydrogen-bond acceptors (Lipinski definition) is 7. The van der Waals surface area contributed by atoms with E-state index < -0.39 is 22.8 Å². The molecule has 0 N–H and O–H groups in total. The van der Waals surface area contributed by atoms with Gasteiger partial charge in [-0.05, 0) is 37.6 Å². The third kappa shape index (κ3) is 3.39. The number of carboxylic acid groups (broad SMARTS) is 1. The number of aromatic carboxylic acids is 1. The van der Waals surface area contributed by atoms with Crippen molar-refractivity contribution in [3.05, 3.63) is 51.9 Å². The SMILES string of the molecule is COc1cc2c(cc1OC)C(C)(C)Oc1cc3oc(C(=O)[O-])cc(=O)c3cc1-2.[Na+]. The monoisotopic (exact) mass is 404 g/mol. The van der Waals surface area contributed by atoms with Gasteiger partial charge < -0.3 is 28.5 Å². The molecule has 0 unspecified atom stereocenters. The van der Waals surface area contributed by atoms with Crippen LogP contribution in [0.3, 0.4) is 0 Å². The summed E-state index contributed by atoms with van der Waals surface area (Å²) in [6.45, 7) is 3.80. The molecule has 0 saturated carbocycles. The minimum atomic E-state index is -1.56. The molecule has 29 heavy (non-hydrogen) atoms. The molecule has 144 valence electrons. The Morgan fingerprint density at radius 2 is 1.66 bits per heavy atom. The average Bonchev–Trinajstić information content (AvgIpc) is 2.65. The molecule has 4 rings (SSSR count). The number of fused-ring (bicyclic) bond motifs is 4. The van der Waals surface area contributed by atoms with Crippen LogP contribution >= 0.6 is 0 Å². The molecule has 3 aromatic rings. The molecule has 0 saturated heterocycles. The molecule has 2 heterocycles. The van der Waals surface area contributed by atoms with E-state index in [-0.39, 0.29) is 40.5 Å². The summed E-state index contributed by atoms with van der Waals surface area (Å²) < 4.78 is 22.3. The van der Waals surface area contributed by atoms with Crippen molar-refractivity contribution in [2.45, 2.75) is 19.4 Å². The van der Waals surface area contributed by atoms with Gasteiger partial charge >= 0.3 is 29.6 Å². The molecular formula is C21H17NaO7. The van der Waals surface area contributed by atoms with Crippen LogP contribution in [0.5, 0.6) is 17.2 Å². The number of carboxylic acids is 1. The van der Waals surface area contributed by atoms with E-state index in [1.807, 2.05) is 26.0 Å². The molecule has 0 bridgehead atoms. The summed E-state index contributed by atoms with van der Waals surface area (Å²) >= 11 is 0. The van der Waals surface area contributed by atoms with Gasteiger partial charge in [-0.15, -0.1) is 0 Å². The van der Waals surface area contributed by atoms with Crippen LogP contribution in [0.15, 0.2) is 39.5 Å². The fourth-order valence-electron chi connectivity index (χ4n) is 3.51. The molecular weight excluding hydrogens is 387 g/mol. The summed E-state index contributed by atoms with van der Waals surface area (Å²) in [5.74, 6) is -0.500. The summed E-state index contributed by atoms with van der Waals surface area (Å²) in [6.07, 6.45) is 0. The average molecular weight is 404 g/mol. The number of methoxy groups -OCH3 is 2. The second kappa shape index (κ2) is 7.40. The van der Waals surface area contributed by atoms with E-state index >= 15 is 0 Å². The van der Waals surface area contributed by atoms with Crippen LogP contribution in [0.1, 0.15) is 30.0 Å². The maximum absolute atomic E-state index is 12.4. The first-order valence-electron chi connectivity index (χ1n) is 8.54. The molecule has 0 atom stereocenters. The van der Waals surface area contributed by atoms with Crippen molar-refractivity contribution in [2.75, 3.05) is 14.2 Å². The zero-order chi connectivity index (χ0) is 20.2. The summed E-state index contributed by atoms with van der Waals surface area (Å²) in [4.78, 5) is 23.5. The molecule has 0 aliphatic carbocycles. The van der Waals surface area contributed by atoms with Gasteiger partial charge in [0.1, 0.15) is 22.9 Å². The maximum Gasteiger partial charge on any atom is 1.00 e. The molecule has 0 fully saturated rings. The fraction of sp³-hybridized carbons (Fsp3) is 0.238. The number of hydrogen-bond donors (Lipinski definition) is 0. The van der Waals surface area contributed by atoms with E-state index in [1.165, 1.54) is 6.07 Å². The van der Waals surface area contributed by atoms with E-state index in [0.717, 1.165) is 17.2 Å². The molecule has 0 radical (unpaired) electrons. The Balaban J connectivity index is 0.00000240. The maximum atomic E-state index is 12.4. The summed E-state index contributed by atoms with van der Waals surface area (Å²) in [7, 11) is 3.11. The van der Waals surface area contributed by atoms with E-state index in [2.05, 4.69) is 0 Å². The molecule has 7 nitrogen and oxygen atoms in total. The van der Waals surface area contributed by atoms with E-state index in [1.54, 1.807) is 20.3 Å². The van der Waals surface area contributed by atoms with Crippen LogP contribution in [0.2, 0.25) is 0 Å². The Labute approximate surface area is 188 Å². The van der Waals surface area contributed by atoms with Crippen LogP contribution in [0.4, 0.5) is 0 Å². The summed E-state index contributed by atoms with van der Waals surface area (Å²) in [5.41, 5.74) is 1.31. The zero-order valence-electron chi connectivity index (χ0n) is 16.7. The van der Waals surface area contributed by atoms with Crippen molar-refractivity contribution in [3.63, 3.8) is 0 Å². The van der Waals surface area contributed by atoms with Gasteiger partial charge in [-0.2, -0.15) is 0 Å². The van der Waals surface area contributed by atoms with Crippen molar-refractivity contribution in [3.8, 4) is 28.4 Å². The van der Waals surface area contributed by atoms with Crippen molar-refractivity contribution >= 4 is 16.9 Å². The minimum Gasteiger partial charge on any atom is -0.542 e.